The Morgan fingerprint density at radius 2 is 1.89 bits per heavy atom. The van der Waals surface area contributed by atoms with Crippen LogP contribution in [0.25, 0.3) is 0 Å². The molecule has 0 saturated carbocycles. The van der Waals surface area contributed by atoms with E-state index in [4.69, 9.17) is 5.73 Å². The third-order valence-electron chi connectivity index (χ3n) is 4.12. The molecule has 0 aliphatic carbocycles. The molecule has 18 heavy (non-hydrogen) atoms. The zero-order valence-corrected chi connectivity index (χ0v) is 12.5. The van der Waals surface area contributed by atoms with Gasteiger partial charge in [-0.05, 0) is 43.9 Å². The number of hydrogen-bond acceptors (Lipinski definition) is 2. The predicted molar refractivity (Wildman–Crippen MR) is 76.3 cm³/mol. The van der Waals surface area contributed by atoms with E-state index in [0.29, 0.717) is 17.7 Å². The number of hydrogen-bond donors (Lipinski definition) is 1. The highest BCUT2D eigenvalue weighted by Gasteiger charge is 2.30. The van der Waals surface area contributed by atoms with Crippen molar-refractivity contribution in [1.29, 1.82) is 0 Å². The zero-order valence-electron chi connectivity index (χ0n) is 12.5. The van der Waals surface area contributed by atoms with E-state index >= 15 is 0 Å². The van der Waals surface area contributed by atoms with Crippen LogP contribution in [0.2, 0.25) is 0 Å². The van der Waals surface area contributed by atoms with Gasteiger partial charge in [0.15, 0.2) is 0 Å². The fraction of sp³-hybridized carbons (Fsp3) is 0.933. The van der Waals surface area contributed by atoms with Crippen molar-refractivity contribution in [2.75, 3.05) is 13.1 Å². The number of piperidine rings is 1. The summed E-state index contributed by atoms with van der Waals surface area (Å²) in [5.74, 6) is 1.08. The van der Waals surface area contributed by atoms with Gasteiger partial charge in [0.05, 0.1) is 0 Å². The molecule has 0 bridgehead atoms. The van der Waals surface area contributed by atoms with Gasteiger partial charge in [0, 0.05) is 25.6 Å². The van der Waals surface area contributed by atoms with Crippen LogP contribution in [0, 0.1) is 11.3 Å². The number of nitrogens with zero attached hydrogens (tertiary/aromatic N) is 1. The Balaban J connectivity index is 2.28. The molecule has 1 aliphatic rings. The summed E-state index contributed by atoms with van der Waals surface area (Å²) in [4.78, 5) is 14.1. The maximum atomic E-state index is 12.0. The Morgan fingerprint density at radius 3 is 2.33 bits per heavy atom. The van der Waals surface area contributed by atoms with E-state index in [-0.39, 0.29) is 6.04 Å². The van der Waals surface area contributed by atoms with Crippen LogP contribution in [0.4, 0.5) is 0 Å². The first-order valence-corrected chi connectivity index (χ1v) is 7.34. The second-order valence-electron chi connectivity index (χ2n) is 6.89. The van der Waals surface area contributed by atoms with Gasteiger partial charge < -0.3 is 10.6 Å². The number of amides is 1. The molecule has 0 spiro atoms. The van der Waals surface area contributed by atoms with Gasteiger partial charge in [-0.3, -0.25) is 4.79 Å². The molecule has 1 aliphatic heterocycles. The van der Waals surface area contributed by atoms with Gasteiger partial charge in [-0.1, -0.05) is 20.8 Å². The Bertz CT molecular complexity index is 260. The van der Waals surface area contributed by atoms with E-state index < -0.39 is 0 Å². The van der Waals surface area contributed by atoms with Crippen LogP contribution in [-0.2, 0) is 4.79 Å². The Hall–Kier alpha value is -0.570. The van der Waals surface area contributed by atoms with E-state index in [1.165, 1.54) is 0 Å². The monoisotopic (exact) mass is 254 g/mol. The maximum Gasteiger partial charge on any atom is 0.222 e. The number of carbonyl (C=O) groups excluding carboxylic acids is 1. The van der Waals surface area contributed by atoms with Gasteiger partial charge in [-0.25, -0.2) is 0 Å². The van der Waals surface area contributed by atoms with Crippen molar-refractivity contribution in [3.05, 3.63) is 0 Å². The minimum Gasteiger partial charge on any atom is -0.343 e. The first kappa shape index (κ1) is 15.5. The van der Waals surface area contributed by atoms with Crippen molar-refractivity contribution in [1.82, 2.24) is 4.90 Å². The van der Waals surface area contributed by atoms with Crippen LogP contribution in [0.3, 0.4) is 0 Å². The van der Waals surface area contributed by atoms with E-state index in [9.17, 15) is 4.79 Å². The normalized spacial score (nSPS) is 19.9. The van der Waals surface area contributed by atoms with Gasteiger partial charge >= 0.3 is 0 Å². The van der Waals surface area contributed by atoms with E-state index in [0.717, 1.165) is 44.7 Å². The van der Waals surface area contributed by atoms with Gasteiger partial charge in [-0.15, -0.1) is 0 Å². The van der Waals surface area contributed by atoms with Crippen molar-refractivity contribution in [3.63, 3.8) is 0 Å². The van der Waals surface area contributed by atoms with Gasteiger partial charge in [0.25, 0.3) is 0 Å². The Kier molecular flexibility index (Phi) is 5.64. The Labute approximate surface area is 112 Å². The summed E-state index contributed by atoms with van der Waals surface area (Å²) in [6.45, 7) is 10.8. The average Bonchev–Trinajstić information content (AvgIpc) is 2.27. The topological polar surface area (TPSA) is 46.3 Å². The zero-order chi connectivity index (χ0) is 13.8. The molecule has 2 N–H and O–H groups in total. The van der Waals surface area contributed by atoms with Gasteiger partial charge in [0.1, 0.15) is 0 Å². The molecule has 1 unspecified atom stereocenters. The number of likely N-dealkylation sites (tertiary alicyclic amines) is 1. The molecule has 106 valence electrons. The first-order chi connectivity index (χ1) is 8.30. The quantitative estimate of drug-likeness (QED) is 0.838. The Morgan fingerprint density at radius 1 is 1.33 bits per heavy atom. The summed E-state index contributed by atoms with van der Waals surface area (Å²) in [7, 11) is 0. The molecule has 1 atom stereocenters. The van der Waals surface area contributed by atoms with Crippen molar-refractivity contribution in [2.45, 2.75) is 65.8 Å². The lowest BCUT2D eigenvalue weighted by Gasteiger charge is -2.38. The van der Waals surface area contributed by atoms with Crippen LogP contribution in [0.15, 0.2) is 0 Å². The fourth-order valence-electron chi connectivity index (χ4n) is 2.73. The van der Waals surface area contributed by atoms with Gasteiger partial charge in [-0.2, -0.15) is 0 Å². The van der Waals surface area contributed by atoms with Crippen molar-refractivity contribution in [2.24, 2.45) is 17.1 Å². The second kappa shape index (κ2) is 6.55. The predicted octanol–water partition coefficient (Wildman–Crippen LogP) is 2.79. The summed E-state index contributed by atoms with van der Waals surface area (Å²) in [5.41, 5.74) is 6.08. The van der Waals surface area contributed by atoms with Gasteiger partial charge in [0.2, 0.25) is 5.91 Å². The van der Waals surface area contributed by atoms with E-state index in [2.05, 4.69) is 20.8 Å². The van der Waals surface area contributed by atoms with Crippen molar-refractivity contribution in [3.8, 4) is 0 Å². The lowest BCUT2D eigenvalue weighted by atomic mass is 9.75. The second-order valence-corrected chi connectivity index (χ2v) is 6.89. The maximum absolute atomic E-state index is 12.0. The van der Waals surface area contributed by atoms with Crippen LogP contribution in [0.1, 0.15) is 59.8 Å². The molecular formula is C15H30N2O. The summed E-state index contributed by atoms with van der Waals surface area (Å²) in [6, 6.07) is 0.212. The molecule has 1 fully saturated rings. The summed E-state index contributed by atoms with van der Waals surface area (Å²) in [6.07, 6.45) is 4.85. The average molecular weight is 254 g/mol. The summed E-state index contributed by atoms with van der Waals surface area (Å²) in [5, 5.41) is 0. The molecule has 1 saturated heterocycles. The van der Waals surface area contributed by atoms with Crippen molar-refractivity contribution >= 4 is 5.91 Å². The fourth-order valence-corrected chi connectivity index (χ4v) is 2.73. The number of rotatable bonds is 4. The standard InChI is InChI=1S/C15H30N2O/c1-12(16)6-5-7-14(18)17-10-8-13(9-11-17)15(2,3)4/h12-13H,5-11,16H2,1-4H3. The largest absolute Gasteiger partial charge is 0.343 e. The molecular weight excluding hydrogens is 224 g/mol. The highest BCUT2D eigenvalue weighted by molar-refractivity contribution is 5.76. The molecule has 0 aromatic rings. The summed E-state index contributed by atoms with van der Waals surface area (Å²) < 4.78 is 0. The SMILES string of the molecule is CC(N)CCCC(=O)N1CCC(C(C)(C)C)CC1. The van der Waals surface area contributed by atoms with Crippen LogP contribution < -0.4 is 5.73 Å². The molecule has 1 rings (SSSR count). The minimum atomic E-state index is 0.212. The van der Waals surface area contributed by atoms with E-state index in [1.807, 2.05) is 11.8 Å². The molecule has 0 aromatic carbocycles. The number of nitrogens with two attached hydrogens (primary N) is 1. The molecule has 0 radical (unpaired) electrons. The lowest BCUT2D eigenvalue weighted by Crippen LogP contribution is -2.41. The highest BCUT2D eigenvalue weighted by Crippen LogP contribution is 2.34. The smallest absolute Gasteiger partial charge is 0.222 e. The lowest BCUT2D eigenvalue weighted by molar-refractivity contribution is -0.133. The summed E-state index contributed by atoms with van der Waals surface area (Å²) >= 11 is 0. The van der Waals surface area contributed by atoms with Crippen LogP contribution >= 0.6 is 0 Å². The molecule has 1 heterocycles. The molecule has 3 heteroatoms. The van der Waals surface area contributed by atoms with E-state index in [1.54, 1.807) is 0 Å². The molecule has 1 amide bonds. The third-order valence-corrected chi connectivity index (χ3v) is 4.12. The number of carbonyl (C=O) groups is 1. The molecule has 0 aromatic heterocycles. The third kappa shape index (κ3) is 4.97. The van der Waals surface area contributed by atoms with Crippen LogP contribution in [0.5, 0.6) is 0 Å². The minimum absolute atomic E-state index is 0.212. The van der Waals surface area contributed by atoms with Crippen molar-refractivity contribution < 1.29 is 4.79 Å². The molecule has 3 nitrogen and oxygen atoms in total. The van der Waals surface area contributed by atoms with Crippen LogP contribution in [-0.4, -0.2) is 29.9 Å². The highest BCUT2D eigenvalue weighted by atomic mass is 16.2. The first-order valence-electron chi connectivity index (χ1n) is 7.34.